The first-order valence-electron chi connectivity index (χ1n) is 13.0. The molecular formula is C30H29Cl3F4N2O. The summed E-state index contributed by atoms with van der Waals surface area (Å²) in [7, 11) is 1.82. The minimum Gasteiger partial charge on any atom is -0.340 e. The predicted molar refractivity (Wildman–Crippen MR) is 151 cm³/mol. The second-order valence-electron chi connectivity index (χ2n) is 10.2. The molecule has 3 aromatic carbocycles. The van der Waals surface area contributed by atoms with Crippen molar-refractivity contribution in [2.75, 3.05) is 20.1 Å². The van der Waals surface area contributed by atoms with Crippen molar-refractivity contribution in [2.45, 2.75) is 50.4 Å². The van der Waals surface area contributed by atoms with Crippen molar-refractivity contribution in [3.05, 3.63) is 104 Å². The van der Waals surface area contributed by atoms with Crippen LogP contribution in [0.2, 0.25) is 15.1 Å². The van der Waals surface area contributed by atoms with Crippen LogP contribution in [0.15, 0.2) is 60.7 Å². The van der Waals surface area contributed by atoms with Gasteiger partial charge in [0.15, 0.2) is 0 Å². The van der Waals surface area contributed by atoms with Gasteiger partial charge in [-0.15, -0.1) is 0 Å². The Labute approximate surface area is 246 Å². The zero-order valence-corrected chi connectivity index (χ0v) is 24.1. The monoisotopic (exact) mass is 614 g/mol. The lowest BCUT2D eigenvalue weighted by atomic mass is 9.93. The maximum atomic E-state index is 14.2. The van der Waals surface area contributed by atoms with E-state index in [0.29, 0.717) is 40.1 Å². The van der Waals surface area contributed by atoms with Gasteiger partial charge in [-0.05, 0) is 79.4 Å². The van der Waals surface area contributed by atoms with E-state index >= 15 is 0 Å². The van der Waals surface area contributed by atoms with E-state index in [1.165, 1.54) is 11.6 Å². The quantitative estimate of drug-likeness (QED) is 0.178. The molecule has 0 aromatic heterocycles. The normalized spacial score (nSPS) is 17.6. The highest BCUT2D eigenvalue weighted by Crippen LogP contribution is 2.36. The summed E-state index contributed by atoms with van der Waals surface area (Å²) in [5, 5.41) is 1.51. The molecule has 2 unspecified atom stereocenters. The Morgan fingerprint density at radius 1 is 0.925 bits per heavy atom. The van der Waals surface area contributed by atoms with Crippen molar-refractivity contribution in [2.24, 2.45) is 0 Å². The van der Waals surface area contributed by atoms with Gasteiger partial charge in [-0.1, -0.05) is 59.1 Å². The molecule has 0 bridgehead atoms. The van der Waals surface area contributed by atoms with Crippen molar-refractivity contribution in [3.8, 4) is 0 Å². The number of unbranched alkanes of at least 4 members (excludes halogenated alkanes) is 1. The van der Waals surface area contributed by atoms with Crippen LogP contribution in [0.4, 0.5) is 17.6 Å². The Kier molecular flexibility index (Phi) is 10.0. The van der Waals surface area contributed by atoms with Crippen LogP contribution in [0, 0.1) is 5.82 Å². The SMILES string of the molecule is CN(Cc1ccc(C(F)(F)F)c(F)c1)C1CN(C(=O)CCCCc2ccc(Cl)cc2)CC1c1ccc(Cl)c(Cl)c1. The van der Waals surface area contributed by atoms with Crippen molar-refractivity contribution >= 4 is 40.7 Å². The third-order valence-corrected chi connectivity index (χ3v) is 8.36. The molecule has 10 heteroatoms. The van der Waals surface area contributed by atoms with Crippen LogP contribution in [0.3, 0.4) is 0 Å². The molecular weight excluding hydrogens is 587 g/mol. The molecule has 1 aliphatic rings. The van der Waals surface area contributed by atoms with Gasteiger partial charge in [0.1, 0.15) is 5.82 Å². The number of hydrogen-bond acceptors (Lipinski definition) is 2. The van der Waals surface area contributed by atoms with Gasteiger partial charge >= 0.3 is 6.18 Å². The molecule has 1 saturated heterocycles. The van der Waals surface area contributed by atoms with Gasteiger partial charge in [0.2, 0.25) is 5.91 Å². The zero-order valence-electron chi connectivity index (χ0n) is 21.8. The summed E-state index contributed by atoms with van der Waals surface area (Å²) in [5.74, 6) is -1.38. The van der Waals surface area contributed by atoms with E-state index in [0.717, 1.165) is 37.0 Å². The molecule has 1 heterocycles. The van der Waals surface area contributed by atoms with E-state index in [1.807, 2.05) is 47.2 Å². The fourth-order valence-corrected chi connectivity index (χ4v) is 5.65. The summed E-state index contributed by atoms with van der Waals surface area (Å²) in [4.78, 5) is 17.0. The lowest BCUT2D eigenvalue weighted by molar-refractivity contribution is -0.140. The smallest absolute Gasteiger partial charge is 0.340 e. The first-order chi connectivity index (χ1) is 18.9. The van der Waals surface area contributed by atoms with Crippen LogP contribution < -0.4 is 0 Å². The lowest BCUT2D eigenvalue weighted by Crippen LogP contribution is -2.38. The minimum atomic E-state index is -4.76. The number of amides is 1. The molecule has 3 nitrogen and oxygen atoms in total. The number of likely N-dealkylation sites (N-methyl/N-ethyl adjacent to an activating group) is 1. The topological polar surface area (TPSA) is 23.6 Å². The molecule has 1 amide bonds. The Balaban J connectivity index is 1.44. The Hall–Kier alpha value is -2.32. The molecule has 0 aliphatic carbocycles. The Morgan fingerprint density at radius 3 is 2.27 bits per heavy atom. The van der Waals surface area contributed by atoms with E-state index in [9.17, 15) is 22.4 Å². The number of carbonyl (C=O) groups excluding carboxylic acids is 1. The third-order valence-electron chi connectivity index (χ3n) is 7.37. The highest BCUT2D eigenvalue weighted by atomic mass is 35.5. The highest BCUT2D eigenvalue weighted by molar-refractivity contribution is 6.42. The largest absolute Gasteiger partial charge is 0.419 e. The van der Waals surface area contributed by atoms with Gasteiger partial charge in [-0.25, -0.2) is 4.39 Å². The number of nitrogens with zero attached hydrogens (tertiary/aromatic N) is 2. The van der Waals surface area contributed by atoms with Crippen LogP contribution in [-0.2, 0) is 23.9 Å². The molecule has 1 aliphatic heterocycles. The van der Waals surface area contributed by atoms with E-state index in [2.05, 4.69) is 0 Å². The Morgan fingerprint density at radius 2 is 1.62 bits per heavy atom. The molecule has 0 saturated carbocycles. The molecule has 2 atom stereocenters. The van der Waals surface area contributed by atoms with Crippen molar-refractivity contribution in [1.82, 2.24) is 9.80 Å². The summed E-state index contributed by atoms with van der Waals surface area (Å²) in [6, 6.07) is 15.8. The Bertz CT molecular complexity index is 1330. The molecule has 0 radical (unpaired) electrons. The third kappa shape index (κ3) is 7.69. The second-order valence-corrected chi connectivity index (χ2v) is 11.5. The van der Waals surface area contributed by atoms with Gasteiger partial charge in [-0.2, -0.15) is 13.2 Å². The number of hydrogen-bond donors (Lipinski definition) is 0. The lowest BCUT2D eigenvalue weighted by Gasteiger charge is -2.29. The standard InChI is InChI=1S/C30H29Cl3F4N2O/c1-38(16-20-8-12-24(27(34)14-20)30(35,36)37)28-18-39(17-23(28)21-9-13-25(32)26(33)15-21)29(40)5-3-2-4-19-6-10-22(31)11-7-19/h6-15,23,28H,2-5,16-18H2,1H3. The van der Waals surface area contributed by atoms with Crippen LogP contribution in [0.1, 0.15) is 47.4 Å². The number of benzene rings is 3. The van der Waals surface area contributed by atoms with Gasteiger partial charge in [-0.3, -0.25) is 9.69 Å². The number of halogens is 7. The maximum absolute atomic E-state index is 14.2. The van der Waals surface area contributed by atoms with Crippen LogP contribution in [0.25, 0.3) is 0 Å². The second kappa shape index (κ2) is 13.1. The van der Waals surface area contributed by atoms with Crippen LogP contribution in [-0.4, -0.2) is 41.9 Å². The molecule has 4 rings (SSSR count). The van der Waals surface area contributed by atoms with Crippen molar-refractivity contribution in [1.29, 1.82) is 0 Å². The molecule has 214 valence electrons. The average molecular weight is 616 g/mol. The number of rotatable bonds is 9. The van der Waals surface area contributed by atoms with Gasteiger partial charge in [0, 0.05) is 43.0 Å². The van der Waals surface area contributed by atoms with E-state index in [4.69, 9.17) is 34.8 Å². The molecule has 0 N–H and O–H groups in total. The molecule has 3 aromatic rings. The van der Waals surface area contributed by atoms with Gasteiger partial charge in [0.05, 0.1) is 15.6 Å². The van der Waals surface area contributed by atoms with Crippen molar-refractivity contribution in [3.63, 3.8) is 0 Å². The number of carbonyl (C=O) groups is 1. The predicted octanol–water partition coefficient (Wildman–Crippen LogP) is 8.64. The minimum absolute atomic E-state index is 0.0395. The summed E-state index contributed by atoms with van der Waals surface area (Å²) >= 11 is 18.4. The molecule has 0 spiro atoms. The van der Waals surface area contributed by atoms with E-state index < -0.39 is 17.6 Å². The summed E-state index contributed by atoms with van der Waals surface area (Å²) in [5.41, 5.74) is 1.19. The molecule has 40 heavy (non-hydrogen) atoms. The number of likely N-dealkylation sites (tertiary alicyclic amines) is 1. The molecule has 1 fully saturated rings. The number of alkyl halides is 3. The fourth-order valence-electron chi connectivity index (χ4n) is 5.21. The summed E-state index contributed by atoms with van der Waals surface area (Å²) in [6.45, 7) is 1.10. The fraction of sp³-hybridized carbons (Fsp3) is 0.367. The highest BCUT2D eigenvalue weighted by Gasteiger charge is 2.39. The van der Waals surface area contributed by atoms with E-state index in [-0.39, 0.29) is 24.4 Å². The summed E-state index contributed by atoms with van der Waals surface area (Å²) < 4.78 is 53.2. The van der Waals surface area contributed by atoms with Crippen LogP contribution >= 0.6 is 34.8 Å². The van der Waals surface area contributed by atoms with Crippen molar-refractivity contribution < 1.29 is 22.4 Å². The first kappa shape index (κ1) is 30.6. The maximum Gasteiger partial charge on any atom is 0.419 e. The van der Waals surface area contributed by atoms with Gasteiger partial charge < -0.3 is 4.90 Å². The van der Waals surface area contributed by atoms with Gasteiger partial charge in [0.25, 0.3) is 0 Å². The first-order valence-corrected chi connectivity index (χ1v) is 14.1. The average Bonchev–Trinajstić information content (AvgIpc) is 3.34. The summed E-state index contributed by atoms with van der Waals surface area (Å²) in [6.07, 6.45) is -1.90. The van der Waals surface area contributed by atoms with E-state index in [1.54, 1.807) is 12.1 Å². The zero-order chi connectivity index (χ0) is 29.0. The van der Waals surface area contributed by atoms with Crippen LogP contribution in [0.5, 0.6) is 0 Å². The number of aryl methyl sites for hydroxylation is 1.